The van der Waals surface area contributed by atoms with Crippen LogP contribution in [0.15, 0.2) is 47.5 Å². The molecule has 224 valence electrons. The van der Waals surface area contributed by atoms with Crippen LogP contribution in [0.25, 0.3) is 0 Å². The standard InChI is InChI=1S/C23H29N5O5S.C2HF3O2/c1-5-11-28-18(12-16(3)25-28)15-27(4)22-21(23(29)30)13-17(14-24-22)26-34(31,32)20-9-7-19(8-10-20)33-6-2;3-2(4,5)1(6)7/h7-10,12-14,26H,5-6,11,15H2,1-4H3,(H,29,30);(H,6,7). The van der Waals surface area contributed by atoms with Gasteiger partial charge in [0.05, 0.1) is 41.3 Å². The molecule has 16 heteroatoms. The predicted octanol–water partition coefficient (Wildman–Crippen LogP) is 4.16. The van der Waals surface area contributed by atoms with Crippen molar-refractivity contribution in [1.29, 1.82) is 0 Å². The minimum absolute atomic E-state index is 0.0218. The van der Waals surface area contributed by atoms with Crippen LogP contribution in [0, 0.1) is 6.92 Å². The number of hydrogen-bond donors (Lipinski definition) is 3. The highest BCUT2D eigenvalue weighted by molar-refractivity contribution is 7.92. The van der Waals surface area contributed by atoms with E-state index in [2.05, 4.69) is 21.7 Å². The normalized spacial score (nSPS) is 11.3. The molecule has 0 fully saturated rings. The number of ether oxygens (including phenoxy) is 1. The molecule has 0 unspecified atom stereocenters. The predicted molar refractivity (Wildman–Crippen MR) is 143 cm³/mol. The Hall–Kier alpha value is -4.34. The Morgan fingerprint density at radius 2 is 1.73 bits per heavy atom. The molecule has 12 nitrogen and oxygen atoms in total. The largest absolute Gasteiger partial charge is 0.494 e. The van der Waals surface area contributed by atoms with Gasteiger partial charge >= 0.3 is 18.1 Å². The molecule has 0 aliphatic carbocycles. The molecule has 1 aromatic carbocycles. The Morgan fingerprint density at radius 1 is 1.12 bits per heavy atom. The monoisotopic (exact) mass is 601 g/mol. The molecule has 0 bridgehead atoms. The van der Waals surface area contributed by atoms with Crippen LogP contribution >= 0.6 is 0 Å². The molecule has 2 heterocycles. The van der Waals surface area contributed by atoms with Crippen molar-refractivity contribution in [3.63, 3.8) is 0 Å². The summed E-state index contributed by atoms with van der Waals surface area (Å²) >= 11 is 0. The Labute approximate surface area is 234 Å². The van der Waals surface area contributed by atoms with Gasteiger partial charge in [0.25, 0.3) is 10.0 Å². The molecule has 2 aromatic heterocycles. The van der Waals surface area contributed by atoms with Crippen LogP contribution in [0.4, 0.5) is 24.7 Å². The van der Waals surface area contributed by atoms with Crippen LogP contribution in [0.5, 0.6) is 5.75 Å². The number of benzene rings is 1. The van der Waals surface area contributed by atoms with Crippen molar-refractivity contribution in [2.75, 3.05) is 23.3 Å². The molecule has 3 N–H and O–H groups in total. The van der Waals surface area contributed by atoms with E-state index >= 15 is 0 Å². The summed E-state index contributed by atoms with van der Waals surface area (Å²) in [6, 6.07) is 9.17. The fourth-order valence-electron chi connectivity index (χ4n) is 3.52. The maximum absolute atomic E-state index is 12.8. The third-order valence-corrected chi connectivity index (χ3v) is 6.62. The molecule has 0 radical (unpaired) electrons. The zero-order valence-corrected chi connectivity index (χ0v) is 23.5. The molecule has 41 heavy (non-hydrogen) atoms. The smallest absolute Gasteiger partial charge is 0.490 e. The molecule has 0 amide bonds. The van der Waals surface area contributed by atoms with E-state index in [0.717, 1.165) is 24.4 Å². The molecule has 3 rings (SSSR count). The fourth-order valence-corrected chi connectivity index (χ4v) is 4.55. The van der Waals surface area contributed by atoms with E-state index in [0.29, 0.717) is 18.9 Å². The number of carboxylic acids is 2. The third-order valence-electron chi connectivity index (χ3n) is 5.22. The van der Waals surface area contributed by atoms with Crippen LogP contribution < -0.4 is 14.4 Å². The second-order valence-corrected chi connectivity index (χ2v) is 10.3. The number of alkyl halides is 3. The highest BCUT2D eigenvalue weighted by Gasteiger charge is 2.38. The topological polar surface area (TPSA) is 164 Å². The van der Waals surface area contributed by atoms with E-state index in [1.807, 2.05) is 24.6 Å². The first-order valence-electron chi connectivity index (χ1n) is 12.1. The molecule has 0 spiro atoms. The van der Waals surface area contributed by atoms with Crippen molar-refractivity contribution in [3.05, 3.63) is 59.5 Å². The Morgan fingerprint density at radius 3 is 2.24 bits per heavy atom. The van der Waals surface area contributed by atoms with Crippen molar-refractivity contribution in [1.82, 2.24) is 14.8 Å². The first-order chi connectivity index (χ1) is 19.1. The number of aromatic carboxylic acids is 1. The summed E-state index contributed by atoms with van der Waals surface area (Å²) < 4.78 is 66.9. The molecule has 0 saturated carbocycles. The zero-order chi connectivity index (χ0) is 31.0. The minimum Gasteiger partial charge on any atom is -0.494 e. The number of carboxylic acid groups (broad SMARTS) is 2. The average Bonchev–Trinajstić information content (AvgIpc) is 3.22. The van der Waals surface area contributed by atoms with Gasteiger partial charge in [-0.2, -0.15) is 18.3 Å². The van der Waals surface area contributed by atoms with Gasteiger partial charge in [-0.3, -0.25) is 9.40 Å². The highest BCUT2D eigenvalue weighted by Crippen LogP contribution is 2.25. The van der Waals surface area contributed by atoms with E-state index in [1.54, 1.807) is 24.1 Å². The average molecular weight is 602 g/mol. The van der Waals surface area contributed by atoms with Gasteiger partial charge in [-0.25, -0.2) is 23.0 Å². The number of aryl methyl sites for hydroxylation is 2. The lowest BCUT2D eigenvalue weighted by molar-refractivity contribution is -0.192. The van der Waals surface area contributed by atoms with Crippen LogP contribution in [-0.2, 0) is 27.9 Å². The van der Waals surface area contributed by atoms with Crippen molar-refractivity contribution in [2.24, 2.45) is 0 Å². The molecule has 0 atom stereocenters. The summed E-state index contributed by atoms with van der Waals surface area (Å²) in [5, 5.41) is 21.4. The summed E-state index contributed by atoms with van der Waals surface area (Å²) in [6.45, 7) is 7.41. The van der Waals surface area contributed by atoms with Crippen LogP contribution in [-0.4, -0.2) is 65.2 Å². The number of nitrogens with one attached hydrogen (secondary N) is 1. The minimum atomic E-state index is -5.08. The van der Waals surface area contributed by atoms with Crippen molar-refractivity contribution in [2.45, 2.75) is 51.4 Å². The van der Waals surface area contributed by atoms with Crippen LogP contribution in [0.2, 0.25) is 0 Å². The van der Waals surface area contributed by atoms with Crippen LogP contribution in [0.1, 0.15) is 42.0 Å². The zero-order valence-electron chi connectivity index (χ0n) is 22.6. The van der Waals surface area contributed by atoms with E-state index in [1.165, 1.54) is 24.4 Å². The van der Waals surface area contributed by atoms with E-state index in [9.17, 15) is 31.5 Å². The number of pyridine rings is 1. The Bertz CT molecular complexity index is 1460. The second kappa shape index (κ2) is 13.8. The highest BCUT2D eigenvalue weighted by atomic mass is 32.2. The third kappa shape index (κ3) is 9.37. The quantitative estimate of drug-likeness (QED) is 0.291. The maximum atomic E-state index is 12.8. The van der Waals surface area contributed by atoms with Gasteiger partial charge in [-0.1, -0.05) is 6.92 Å². The lowest BCUT2D eigenvalue weighted by Crippen LogP contribution is -2.23. The maximum Gasteiger partial charge on any atom is 0.490 e. The number of aliphatic carboxylic acids is 1. The summed E-state index contributed by atoms with van der Waals surface area (Å²) in [5.41, 5.74) is 1.74. The lowest BCUT2D eigenvalue weighted by atomic mass is 10.2. The fraction of sp³-hybridized carbons (Fsp3) is 0.360. The first-order valence-corrected chi connectivity index (χ1v) is 13.6. The van der Waals surface area contributed by atoms with Gasteiger partial charge in [0.1, 0.15) is 17.1 Å². The summed E-state index contributed by atoms with van der Waals surface area (Å²) in [7, 11) is -2.21. The number of carbonyl (C=O) groups is 2. The van der Waals surface area contributed by atoms with E-state index in [4.69, 9.17) is 14.6 Å². The van der Waals surface area contributed by atoms with Gasteiger partial charge in [-0.15, -0.1) is 0 Å². The lowest BCUT2D eigenvalue weighted by Gasteiger charge is -2.21. The second-order valence-electron chi connectivity index (χ2n) is 8.57. The summed E-state index contributed by atoms with van der Waals surface area (Å²) in [4.78, 5) is 26.8. The molecule has 0 saturated heterocycles. The number of halogens is 3. The van der Waals surface area contributed by atoms with Crippen molar-refractivity contribution in [3.8, 4) is 5.75 Å². The molecular formula is C25H30F3N5O7S. The molecular weight excluding hydrogens is 571 g/mol. The number of nitrogens with zero attached hydrogens (tertiary/aromatic N) is 4. The van der Waals surface area contributed by atoms with E-state index < -0.39 is 28.1 Å². The van der Waals surface area contributed by atoms with Crippen LogP contribution in [0.3, 0.4) is 0 Å². The summed E-state index contributed by atoms with van der Waals surface area (Å²) in [5.74, 6) is -3.19. The Balaban J connectivity index is 0.000000745. The molecule has 3 aromatic rings. The first kappa shape index (κ1) is 32.9. The summed E-state index contributed by atoms with van der Waals surface area (Å²) in [6.07, 6.45) is -2.86. The number of sulfonamides is 1. The molecule has 0 aliphatic heterocycles. The van der Waals surface area contributed by atoms with Gasteiger partial charge in [0.2, 0.25) is 0 Å². The number of hydrogen-bond acceptors (Lipinski definition) is 8. The Kier molecular flexibility index (Phi) is 11.1. The molecule has 0 aliphatic rings. The van der Waals surface area contributed by atoms with Gasteiger partial charge in [-0.05, 0) is 56.7 Å². The number of anilines is 2. The SMILES string of the molecule is CCCn1nc(C)cc1CN(C)c1ncc(NS(=O)(=O)c2ccc(OCC)cc2)cc1C(=O)O.O=C(O)C(F)(F)F. The van der Waals surface area contributed by atoms with Crippen molar-refractivity contribution < 1.29 is 46.1 Å². The van der Waals surface area contributed by atoms with Gasteiger partial charge in [0.15, 0.2) is 0 Å². The van der Waals surface area contributed by atoms with Crippen molar-refractivity contribution >= 4 is 33.5 Å². The number of aromatic nitrogens is 3. The van der Waals surface area contributed by atoms with E-state index in [-0.39, 0.29) is 22.0 Å². The number of rotatable bonds is 11. The van der Waals surface area contributed by atoms with Gasteiger partial charge < -0.3 is 19.8 Å². The van der Waals surface area contributed by atoms with Gasteiger partial charge in [0, 0.05) is 13.6 Å².